The third kappa shape index (κ3) is 16.5. The summed E-state index contributed by atoms with van der Waals surface area (Å²) in [5.41, 5.74) is 11.8. The zero-order chi connectivity index (χ0) is 58.1. The molecule has 28 heteroatoms. The summed E-state index contributed by atoms with van der Waals surface area (Å²) < 4.78 is 103. The lowest BCUT2D eigenvalue weighted by molar-refractivity contribution is -0.136. The van der Waals surface area contributed by atoms with E-state index in [-0.39, 0.29) is 73.9 Å². The van der Waals surface area contributed by atoms with Crippen molar-refractivity contribution in [2.75, 3.05) is 50.4 Å². The van der Waals surface area contributed by atoms with Crippen molar-refractivity contribution in [1.29, 1.82) is 5.41 Å². The van der Waals surface area contributed by atoms with Gasteiger partial charge in [0, 0.05) is 30.8 Å². The molecule has 10 N–H and O–H groups in total. The summed E-state index contributed by atoms with van der Waals surface area (Å²) in [6.07, 6.45) is -0.710. The zero-order valence-corrected chi connectivity index (χ0v) is 42.7. The number of hydrogen-bond donors (Lipinski definition) is 8. The summed E-state index contributed by atoms with van der Waals surface area (Å²) in [7, 11) is 1.40. The lowest BCUT2D eigenvalue weighted by Gasteiger charge is -2.44. The molecular formula is C51H55F6N11O11. The number of amidine groups is 1. The summed E-state index contributed by atoms with van der Waals surface area (Å²) in [6, 6.07) is 8.87. The molecule has 0 spiro atoms. The molecule has 4 aromatic rings. The fourth-order valence-electron chi connectivity index (χ4n) is 7.70. The minimum Gasteiger partial charge on any atom is -0.445 e. The lowest BCUT2D eigenvalue weighted by atomic mass is 9.78. The highest BCUT2D eigenvalue weighted by atomic mass is 19.2. The number of anilines is 2. The SMILES string of the molecule is CN=C(N=CN)[C@H]1C(=N)c2c(C(N)=O)cc(F)cc2N(CNC(=O)OCc2ccc(NC(=O)[C@H](C)NC(=O)[C@H](C)NC(=O)[C@H](C)NC(=O)CCOCCOCCC(=O)Oc3c(F)c(F)cc(F)c3F)cc2)[C@@H]1c1ccc(F)cc1. The van der Waals surface area contributed by atoms with Crippen LogP contribution >= 0.6 is 0 Å². The Labute approximate surface area is 447 Å². The highest BCUT2D eigenvalue weighted by molar-refractivity contribution is 6.22. The van der Waals surface area contributed by atoms with Crippen LogP contribution in [0.1, 0.15) is 66.7 Å². The van der Waals surface area contributed by atoms with Crippen molar-refractivity contribution in [3.63, 3.8) is 0 Å². The number of aliphatic imine (C=N–C) groups is 2. The largest absolute Gasteiger partial charge is 0.445 e. The smallest absolute Gasteiger partial charge is 0.408 e. The molecule has 5 atom stereocenters. The van der Waals surface area contributed by atoms with Crippen LogP contribution in [0.25, 0.3) is 0 Å². The van der Waals surface area contributed by atoms with Crippen LogP contribution in [0.2, 0.25) is 0 Å². The van der Waals surface area contributed by atoms with Crippen molar-refractivity contribution in [2.45, 2.75) is 64.4 Å². The normalized spacial score (nSPS) is 15.3. The number of benzene rings is 4. The van der Waals surface area contributed by atoms with Crippen LogP contribution in [0.5, 0.6) is 5.75 Å². The summed E-state index contributed by atoms with van der Waals surface area (Å²) in [5.74, 6) is -16.2. The second kappa shape index (κ2) is 28.5. The van der Waals surface area contributed by atoms with E-state index in [9.17, 15) is 60.9 Å². The number of rotatable bonds is 24. The fourth-order valence-corrected chi connectivity index (χ4v) is 7.70. The maximum atomic E-state index is 15.1. The number of carbonyl (C=O) groups is 7. The number of fused-ring (bicyclic) bond motifs is 1. The Morgan fingerprint density at radius 3 is 1.91 bits per heavy atom. The van der Waals surface area contributed by atoms with Crippen LogP contribution in [-0.2, 0) is 44.8 Å². The molecule has 1 aliphatic heterocycles. The minimum atomic E-state index is -1.87. The van der Waals surface area contributed by atoms with Gasteiger partial charge in [0.05, 0.1) is 74.8 Å². The van der Waals surface area contributed by atoms with Crippen molar-refractivity contribution in [3.8, 4) is 5.75 Å². The number of nitrogens with zero attached hydrogens (tertiary/aromatic N) is 3. The maximum Gasteiger partial charge on any atom is 0.408 e. The molecule has 0 radical (unpaired) electrons. The Balaban J connectivity index is 1.03. The standard InChI is InChI=1S/C51H55F6N11O11/c1-25(64-37(69)13-15-76-17-18-77-16-14-38(70)79-45-41(56)34(54)21-35(55)42(45)57)48(72)65-26(2)49(73)66-27(3)50(74)67-32-11-5-28(6-12-32)22-78-51(75)63-24-68-36-20-31(53)19-33(46(60)71)39(36)43(59)40(47(61-4)62-23-58)44(68)29-7-9-30(52)10-8-29/h5-12,19-21,23,25-27,40,44,59H,13-18,22,24H2,1-4H3,(H2,60,71)(H,63,75)(H,64,69)(H,65,72)(H,66,73)(H,67,74)(H2,58,61,62)/t25-,26-,27-,40-,44+/m0/s1. The van der Waals surface area contributed by atoms with E-state index in [1.165, 1.54) is 69.1 Å². The number of halogens is 6. The monoisotopic (exact) mass is 1110 g/mol. The highest BCUT2D eigenvalue weighted by Gasteiger charge is 2.44. The van der Waals surface area contributed by atoms with Gasteiger partial charge < -0.3 is 67.3 Å². The van der Waals surface area contributed by atoms with Crippen LogP contribution in [0.3, 0.4) is 0 Å². The number of nitrogens with one attached hydrogen (secondary N) is 6. The number of alkyl carbamates (subject to hydrolysis) is 1. The number of carbonyl (C=O) groups excluding carboxylic acids is 7. The number of esters is 1. The number of nitrogens with two attached hydrogens (primary N) is 2. The average Bonchev–Trinajstić information content (AvgIpc) is 3.54. The van der Waals surface area contributed by atoms with Gasteiger partial charge in [-0.2, -0.15) is 8.78 Å². The molecule has 1 aliphatic rings. The van der Waals surface area contributed by atoms with E-state index in [0.29, 0.717) is 16.8 Å². The summed E-state index contributed by atoms with van der Waals surface area (Å²) in [5, 5.41) is 21.8. The zero-order valence-electron chi connectivity index (χ0n) is 42.7. The summed E-state index contributed by atoms with van der Waals surface area (Å²) in [6.45, 7) is 2.89. The van der Waals surface area contributed by atoms with E-state index in [4.69, 9.17) is 25.7 Å². The first-order chi connectivity index (χ1) is 37.5. The Hall–Kier alpha value is -8.92. The van der Waals surface area contributed by atoms with Gasteiger partial charge in [-0.25, -0.2) is 27.3 Å². The van der Waals surface area contributed by atoms with Crippen molar-refractivity contribution in [2.24, 2.45) is 27.4 Å². The molecule has 0 aromatic heterocycles. The third-order valence-corrected chi connectivity index (χ3v) is 11.7. The van der Waals surface area contributed by atoms with Crippen LogP contribution in [0.4, 0.5) is 42.5 Å². The molecule has 1 heterocycles. The molecule has 0 saturated carbocycles. The van der Waals surface area contributed by atoms with Gasteiger partial charge >= 0.3 is 12.1 Å². The Morgan fingerprint density at radius 1 is 0.747 bits per heavy atom. The van der Waals surface area contributed by atoms with Gasteiger partial charge in [0.25, 0.3) is 0 Å². The van der Waals surface area contributed by atoms with E-state index >= 15 is 4.39 Å². The van der Waals surface area contributed by atoms with Gasteiger partial charge in [0.1, 0.15) is 42.2 Å². The van der Waals surface area contributed by atoms with Gasteiger partial charge in [-0.15, -0.1) is 0 Å². The molecule has 422 valence electrons. The molecule has 5 rings (SSSR count). The first-order valence-corrected chi connectivity index (χ1v) is 23.9. The van der Waals surface area contributed by atoms with E-state index in [1.54, 1.807) is 12.1 Å². The molecule has 0 bridgehead atoms. The first kappa shape index (κ1) is 60.9. The van der Waals surface area contributed by atoms with Crippen molar-refractivity contribution in [3.05, 3.63) is 124 Å². The molecule has 22 nitrogen and oxygen atoms in total. The van der Waals surface area contributed by atoms with Crippen LogP contribution in [-0.4, -0.2) is 118 Å². The van der Waals surface area contributed by atoms with Gasteiger partial charge in [-0.1, -0.05) is 24.3 Å². The van der Waals surface area contributed by atoms with Gasteiger partial charge in [0.15, 0.2) is 11.6 Å². The van der Waals surface area contributed by atoms with Crippen LogP contribution < -0.4 is 47.7 Å². The van der Waals surface area contributed by atoms with E-state index in [2.05, 4.69) is 41.3 Å². The Bertz CT molecular complexity index is 2960. The minimum absolute atomic E-state index is 0.00000254. The lowest BCUT2D eigenvalue weighted by Crippen LogP contribution is -2.54. The number of amides is 6. The van der Waals surface area contributed by atoms with E-state index in [0.717, 1.165) is 18.5 Å². The molecule has 0 aliphatic carbocycles. The predicted octanol–water partition coefficient (Wildman–Crippen LogP) is 3.94. The first-order valence-electron chi connectivity index (χ1n) is 23.9. The quantitative estimate of drug-likeness (QED) is 0.00939. The molecule has 4 aromatic carbocycles. The second-order valence-electron chi connectivity index (χ2n) is 17.3. The number of hydrogen-bond acceptors (Lipinski definition) is 14. The molecule has 0 saturated heterocycles. The molecule has 0 fully saturated rings. The third-order valence-electron chi connectivity index (χ3n) is 11.7. The van der Waals surface area contributed by atoms with Gasteiger partial charge in [-0.3, -0.25) is 33.8 Å². The molecule has 6 amide bonds. The van der Waals surface area contributed by atoms with Crippen molar-refractivity contribution in [1.82, 2.24) is 21.3 Å². The number of ether oxygens (including phenoxy) is 4. The predicted molar refractivity (Wildman–Crippen MR) is 272 cm³/mol. The molecular weight excluding hydrogens is 1060 g/mol. The Morgan fingerprint density at radius 2 is 1.33 bits per heavy atom. The van der Waals surface area contributed by atoms with E-state index in [1.807, 2.05) is 0 Å². The van der Waals surface area contributed by atoms with Crippen LogP contribution in [0, 0.1) is 46.2 Å². The molecule has 0 unspecified atom stereocenters. The number of primary amides is 1. The van der Waals surface area contributed by atoms with Gasteiger partial charge in [0.2, 0.25) is 46.9 Å². The topological polar surface area (TPSA) is 320 Å². The van der Waals surface area contributed by atoms with Crippen molar-refractivity contribution < 1.29 is 78.9 Å². The second-order valence-corrected chi connectivity index (χ2v) is 17.3. The highest BCUT2D eigenvalue weighted by Crippen LogP contribution is 2.44. The molecule has 79 heavy (non-hydrogen) atoms. The van der Waals surface area contributed by atoms with Crippen molar-refractivity contribution >= 4 is 70.9 Å². The van der Waals surface area contributed by atoms with Crippen LogP contribution in [0.15, 0.2) is 76.7 Å². The Kier molecular flexibility index (Phi) is 21.9. The summed E-state index contributed by atoms with van der Waals surface area (Å²) >= 11 is 0. The average molecular weight is 1110 g/mol. The van der Waals surface area contributed by atoms with Gasteiger partial charge in [-0.05, 0) is 68.3 Å². The maximum absolute atomic E-state index is 15.1. The summed E-state index contributed by atoms with van der Waals surface area (Å²) in [4.78, 5) is 98.5. The fraction of sp³-hybridized carbons (Fsp3) is 0.333. The van der Waals surface area contributed by atoms with E-state index < -0.39 is 125 Å².